The topological polar surface area (TPSA) is 25.2 Å². The van der Waals surface area contributed by atoms with Crippen LogP contribution < -0.4 is 5.32 Å². The molecule has 1 N–H and O–H groups in total. The Kier molecular flexibility index (Phi) is 3.39. The smallest absolute Gasteiger partial charge is 0.123 e. The van der Waals surface area contributed by atoms with Gasteiger partial charge in [0, 0.05) is 23.0 Å². The first-order valence-corrected chi connectivity index (χ1v) is 6.98. The van der Waals surface area contributed by atoms with Crippen molar-refractivity contribution in [3.63, 3.8) is 0 Å². The summed E-state index contributed by atoms with van der Waals surface area (Å²) in [5.74, 6) is 0.910. The molecule has 3 rings (SSSR count). The first kappa shape index (κ1) is 11.8. The number of benzene rings is 1. The van der Waals surface area contributed by atoms with E-state index in [-0.39, 0.29) is 11.9 Å². The normalized spacial score (nSPS) is 18.6. The molecule has 0 aliphatic carbocycles. The molecule has 2 nitrogen and oxygen atoms in total. The highest BCUT2D eigenvalue weighted by atomic mass is 32.2. The number of furan rings is 1. The van der Waals surface area contributed by atoms with Crippen LogP contribution in [0.5, 0.6) is 0 Å². The summed E-state index contributed by atoms with van der Waals surface area (Å²) in [7, 11) is 0. The number of fused-ring (bicyclic) bond motifs is 1. The third kappa shape index (κ3) is 2.44. The Morgan fingerprint density at radius 3 is 3.17 bits per heavy atom. The van der Waals surface area contributed by atoms with Gasteiger partial charge in [0.1, 0.15) is 5.82 Å². The molecule has 2 aromatic rings. The summed E-state index contributed by atoms with van der Waals surface area (Å²) in [6.45, 7) is 0.752. The fourth-order valence-corrected chi connectivity index (χ4v) is 3.32. The van der Waals surface area contributed by atoms with Gasteiger partial charge in [-0.15, -0.1) is 11.8 Å². The van der Waals surface area contributed by atoms with Crippen molar-refractivity contribution in [2.24, 2.45) is 0 Å². The average molecular weight is 263 g/mol. The van der Waals surface area contributed by atoms with E-state index < -0.39 is 0 Å². The zero-order chi connectivity index (χ0) is 12.4. The second kappa shape index (κ2) is 5.16. The quantitative estimate of drug-likeness (QED) is 0.913. The Balaban J connectivity index is 1.76. The lowest BCUT2D eigenvalue weighted by molar-refractivity contribution is 0.499. The summed E-state index contributed by atoms with van der Waals surface area (Å²) in [6, 6.07) is 7.23. The maximum atomic E-state index is 13.3. The predicted octanol–water partition coefficient (Wildman–Crippen LogP) is 3.75. The van der Waals surface area contributed by atoms with E-state index in [0.29, 0.717) is 0 Å². The molecule has 1 aliphatic heterocycles. The van der Waals surface area contributed by atoms with E-state index in [9.17, 15) is 4.39 Å². The second-order valence-electron chi connectivity index (χ2n) is 4.38. The minimum Gasteiger partial charge on any atom is -0.472 e. The lowest BCUT2D eigenvalue weighted by atomic mass is 10.0. The van der Waals surface area contributed by atoms with Crippen LogP contribution in [0.2, 0.25) is 0 Å². The number of hydrogen-bond acceptors (Lipinski definition) is 3. The first-order chi connectivity index (χ1) is 8.83. The van der Waals surface area contributed by atoms with Gasteiger partial charge in [-0.05, 0) is 42.0 Å². The van der Waals surface area contributed by atoms with Gasteiger partial charge in [0.2, 0.25) is 0 Å². The van der Waals surface area contributed by atoms with Gasteiger partial charge in [0.25, 0.3) is 0 Å². The Morgan fingerprint density at radius 2 is 2.33 bits per heavy atom. The van der Waals surface area contributed by atoms with E-state index in [0.717, 1.165) is 29.8 Å². The van der Waals surface area contributed by atoms with Crippen molar-refractivity contribution in [1.82, 2.24) is 5.32 Å². The lowest BCUT2D eigenvalue weighted by Crippen LogP contribution is -2.24. The van der Waals surface area contributed by atoms with Crippen LogP contribution in [-0.4, -0.2) is 5.75 Å². The third-order valence-electron chi connectivity index (χ3n) is 3.14. The van der Waals surface area contributed by atoms with Crippen molar-refractivity contribution >= 4 is 11.8 Å². The Hall–Kier alpha value is -1.26. The molecule has 2 heterocycles. The molecular weight excluding hydrogens is 249 g/mol. The van der Waals surface area contributed by atoms with Crippen LogP contribution in [-0.2, 0) is 6.54 Å². The van der Waals surface area contributed by atoms with Gasteiger partial charge in [-0.2, -0.15) is 0 Å². The molecule has 1 aromatic heterocycles. The van der Waals surface area contributed by atoms with E-state index in [1.54, 1.807) is 30.4 Å². The Labute approximate surface area is 110 Å². The van der Waals surface area contributed by atoms with Crippen LogP contribution in [0.4, 0.5) is 4.39 Å². The van der Waals surface area contributed by atoms with Crippen LogP contribution >= 0.6 is 11.8 Å². The largest absolute Gasteiger partial charge is 0.472 e. The highest BCUT2D eigenvalue weighted by Gasteiger charge is 2.20. The highest BCUT2D eigenvalue weighted by molar-refractivity contribution is 7.99. The van der Waals surface area contributed by atoms with Crippen LogP contribution in [0.3, 0.4) is 0 Å². The zero-order valence-corrected chi connectivity index (χ0v) is 10.7. The van der Waals surface area contributed by atoms with Crippen molar-refractivity contribution < 1.29 is 8.81 Å². The fraction of sp³-hybridized carbons (Fsp3) is 0.286. The lowest BCUT2D eigenvalue weighted by Gasteiger charge is -2.26. The van der Waals surface area contributed by atoms with Gasteiger partial charge in [0.15, 0.2) is 0 Å². The summed E-state index contributed by atoms with van der Waals surface area (Å²) < 4.78 is 18.4. The van der Waals surface area contributed by atoms with Crippen molar-refractivity contribution in [3.8, 4) is 0 Å². The molecular formula is C14H14FNOS. The van der Waals surface area contributed by atoms with Crippen molar-refractivity contribution in [1.29, 1.82) is 0 Å². The fourth-order valence-electron chi connectivity index (χ4n) is 2.21. The first-order valence-electron chi connectivity index (χ1n) is 5.99. The van der Waals surface area contributed by atoms with Crippen molar-refractivity contribution in [2.45, 2.75) is 23.9 Å². The second-order valence-corrected chi connectivity index (χ2v) is 5.52. The average Bonchev–Trinajstić information content (AvgIpc) is 2.89. The van der Waals surface area contributed by atoms with Gasteiger partial charge >= 0.3 is 0 Å². The molecule has 0 spiro atoms. The van der Waals surface area contributed by atoms with E-state index in [2.05, 4.69) is 5.32 Å². The third-order valence-corrected chi connectivity index (χ3v) is 4.27. The number of halogens is 1. The molecule has 0 fully saturated rings. The van der Waals surface area contributed by atoms with Crippen LogP contribution in [0.1, 0.15) is 23.6 Å². The minimum absolute atomic E-state index is 0.161. The maximum Gasteiger partial charge on any atom is 0.123 e. The summed E-state index contributed by atoms with van der Waals surface area (Å²) in [5, 5.41) is 3.47. The molecule has 4 heteroatoms. The number of thioether (sulfide) groups is 1. The molecule has 0 saturated carbocycles. The SMILES string of the molecule is Fc1ccc2c(c1)C(NCc1ccoc1)CCS2. The van der Waals surface area contributed by atoms with Gasteiger partial charge in [0.05, 0.1) is 12.5 Å². The van der Waals surface area contributed by atoms with Crippen molar-refractivity contribution in [3.05, 3.63) is 53.7 Å². The Bertz CT molecular complexity index is 527. The molecule has 0 saturated heterocycles. The van der Waals surface area contributed by atoms with Crippen LogP contribution in [0.25, 0.3) is 0 Å². The van der Waals surface area contributed by atoms with E-state index >= 15 is 0 Å². The summed E-state index contributed by atoms with van der Waals surface area (Å²) in [4.78, 5) is 1.19. The van der Waals surface area contributed by atoms with Gasteiger partial charge in [-0.25, -0.2) is 4.39 Å². The van der Waals surface area contributed by atoms with E-state index in [1.807, 2.05) is 12.1 Å². The molecule has 1 unspecified atom stereocenters. The van der Waals surface area contributed by atoms with Gasteiger partial charge < -0.3 is 9.73 Å². The molecule has 0 radical (unpaired) electrons. The zero-order valence-electron chi connectivity index (χ0n) is 9.86. The molecule has 1 aromatic carbocycles. The van der Waals surface area contributed by atoms with Gasteiger partial charge in [-0.1, -0.05) is 0 Å². The van der Waals surface area contributed by atoms with Crippen molar-refractivity contribution in [2.75, 3.05) is 5.75 Å². The van der Waals surface area contributed by atoms with Gasteiger partial charge in [-0.3, -0.25) is 0 Å². The van der Waals surface area contributed by atoms with Crippen LogP contribution in [0.15, 0.2) is 46.1 Å². The molecule has 0 amide bonds. The molecule has 0 bridgehead atoms. The van der Waals surface area contributed by atoms with Crippen LogP contribution in [0, 0.1) is 5.82 Å². The molecule has 18 heavy (non-hydrogen) atoms. The number of hydrogen-bond donors (Lipinski definition) is 1. The molecule has 1 aliphatic rings. The summed E-state index contributed by atoms with van der Waals surface area (Å²) >= 11 is 1.80. The molecule has 94 valence electrons. The summed E-state index contributed by atoms with van der Waals surface area (Å²) in [5.41, 5.74) is 2.20. The van der Waals surface area contributed by atoms with E-state index in [1.165, 1.54) is 11.0 Å². The maximum absolute atomic E-state index is 13.3. The Morgan fingerprint density at radius 1 is 1.39 bits per heavy atom. The van der Waals surface area contributed by atoms with E-state index in [4.69, 9.17) is 4.42 Å². The standard InChI is InChI=1S/C14H14FNOS/c15-11-1-2-14-12(7-11)13(4-6-18-14)16-8-10-3-5-17-9-10/h1-3,5,7,9,13,16H,4,6,8H2. The predicted molar refractivity (Wildman–Crippen MR) is 70.0 cm³/mol. The number of rotatable bonds is 3. The number of nitrogens with one attached hydrogen (secondary N) is 1. The monoisotopic (exact) mass is 263 g/mol. The molecule has 1 atom stereocenters. The minimum atomic E-state index is -0.161. The summed E-state index contributed by atoms with van der Waals surface area (Å²) in [6.07, 6.45) is 4.43. The highest BCUT2D eigenvalue weighted by Crippen LogP contribution is 2.36.